The van der Waals surface area contributed by atoms with Gasteiger partial charge in [0.2, 0.25) is 0 Å². The van der Waals surface area contributed by atoms with Crippen LogP contribution in [0.5, 0.6) is 5.75 Å². The number of halogens is 1. The number of thioether (sulfide) groups is 1. The minimum Gasteiger partial charge on any atom is -0.485 e. The molecule has 0 bridgehead atoms. The van der Waals surface area contributed by atoms with E-state index in [9.17, 15) is 9.18 Å². The summed E-state index contributed by atoms with van der Waals surface area (Å²) in [5.74, 6) is -0.334. The summed E-state index contributed by atoms with van der Waals surface area (Å²) in [5.41, 5.74) is 4.28. The number of aromatic nitrogens is 2. The lowest BCUT2D eigenvalue weighted by molar-refractivity contribution is 0.0930. The van der Waals surface area contributed by atoms with Gasteiger partial charge in [0.25, 0.3) is 5.91 Å². The molecule has 0 radical (unpaired) electrons. The summed E-state index contributed by atoms with van der Waals surface area (Å²) in [7, 11) is 0. The molecular weight excluding hydrogens is 401 g/mol. The number of hydrogen-bond acceptors (Lipinski definition) is 5. The van der Waals surface area contributed by atoms with Gasteiger partial charge in [-0.2, -0.15) is 0 Å². The molecule has 0 saturated heterocycles. The van der Waals surface area contributed by atoms with Crippen molar-refractivity contribution in [3.05, 3.63) is 70.9 Å². The molecule has 1 N–H and O–H groups in total. The molecule has 0 saturated carbocycles. The smallest absolute Gasteiger partial charge is 0.252 e. The molecule has 0 spiro atoms. The summed E-state index contributed by atoms with van der Waals surface area (Å²) in [6.07, 6.45) is 3.83. The molecule has 2 heterocycles. The van der Waals surface area contributed by atoms with E-state index in [0.717, 1.165) is 21.8 Å². The fraction of sp³-hybridized carbons (Fsp3) is 0.261. The first-order valence-electron chi connectivity index (χ1n) is 9.67. The van der Waals surface area contributed by atoms with Gasteiger partial charge in [0.1, 0.15) is 6.10 Å². The van der Waals surface area contributed by atoms with E-state index < -0.39 is 5.82 Å². The van der Waals surface area contributed by atoms with Crippen LogP contribution in [0.15, 0.2) is 47.5 Å². The van der Waals surface area contributed by atoms with Crippen molar-refractivity contribution in [3.8, 4) is 17.0 Å². The highest BCUT2D eigenvalue weighted by Crippen LogP contribution is 2.36. The Bertz CT molecular complexity index is 1120. The zero-order chi connectivity index (χ0) is 21.3. The van der Waals surface area contributed by atoms with Gasteiger partial charge in [-0.1, -0.05) is 12.1 Å². The second kappa shape index (κ2) is 8.44. The first kappa shape index (κ1) is 20.3. The van der Waals surface area contributed by atoms with E-state index in [-0.39, 0.29) is 17.8 Å². The molecule has 4 rings (SSSR count). The third-order valence-electron chi connectivity index (χ3n) is 5.04. The van der Waals surface area contributed by atoms with Gasteiger partial charge in [0, 0.05) is 28.6 Å². The van der Waals surface area contributed by atoms with Crippen LogP contribution in [0, 0.1) is 19.7 Å². The molecule has 1 atom stereocenters. The third kappa shape index (κ3) is 4.03. The maximum atomic E-state index is 14.7. The van der Waals surface area contributed by atoms with Crippen LogP contribution in [0.1, 0.15) is 27.3 Å². The van der Waals surface area contributed by atoms with Gasteiger partial charge in [-0.15, -0.1) is 11.8 Å². The maximum absolute atomic E-state index is 14.7. The Morgan fingerprint density at radius 1 is 1.30 bits per heavy atom. The Morgan fingerprint density at radius 3 is 2.90 bits per heavy atom. The van der Waals surface area contributed by atoms with Crippen LogP contribution in [0.3, 0.4) is 0 Å². The Balaban J connectivity index is 1.49. The molecule has 1 aliphatic heterocycles. The van der Waals surface area contributed by atoms with Crippen LogP contribution >= 0.6 is 11.8 Å². The summed E-state index contributed by atoms with van der Waals surface area (Å²) in [6.45, 7) is 4.01. The molecule has 0 aliphatic carbocycles. The van der Waals surface area contributed by atoms with Gasteiger partial charge in [-0.3, -0.25) is 9.78 Å². The van der Waals surface area contributed by atoms with E-state index in [1.54, 1.807) is 12.3 Å². The van der Waals surface area contributed by atoms with Crippen LogP contribution in [0.2, 0.25) is 0 Å². The number of benzene rings is 2. The summed E-state index contributed by atoms with van der Waals surface area (Å²) in [4.78, 5) is 22.3. The number of carbonyl (C=O) groups is 1. The third-order valence-corrected chi connectivity index (χ3v) is 5.84. The second-order valence-corrected chi connectivity index (χ2v) is 8.09. The van der Waals surface area contributed by atoms with Gasteiger partial charge in [-0.05, 0) is 44.4 Å². The Labute approximate surface area is 179 Å². The Hall–Kier alpha value is -2.93. The van der Waals surface area contributed by atoms with Crippen molar-refractivity contribution in [3.63, 3.8) is 0 Å². The molecular formula is C23H22FN3O2S. The van der Waals surface area contributed by atoms with Gasteiger partial charge in [-0.25, -0.2) is 9.37 Å². The molecule has 1 aliphatic rings. The second-order valence-electron chi connectivity index (χ2n) is 7.25. The first-order valence-corrected chi connectivity index (χ1v) is 10.9. The largest absolute Gasteiger partial charge is 0.485 e. The van der Waals surface area contributed by atoms with E-state index in [1.165, 1.54) is 17.8 Å². The molecule has 7 heteroatoms. The maximum Gasteiger partial charge on any atom is 0.252 e. The highest BCUT2D eigenvalue weighted by atomic mass is 32.2. The summed E-state index contributed by atoms with van der Waals surface area (Å²) in [6, 6.07) is 10.8. The SMILES string of the molecule is CSc1ccccc1C(=O)NC[C@H]1Cc2cc(-c3nc(C)cnc3C)cc(F)c2O1. The number of nitrogens with zero attached hydrogens (tertiary/aromatic N) is 2. The number of nitrogens with one attached hydrogen (secondary N) is 1. The van der Waals surface area contributed by atoms with Crippen molar-refractivity contribution in [1.82, 2.24) is 15.3 Å². The minimum atomic E-state index is -0.424. The number of fused-ring (bicyclic) bond motifs is 1. The van der Waals surface area contributed by atoms with Crippen LogP contribution in [-0.2, 0) is 6.42 Å². The predicted molar refractivity (Wildman–Crippen MR) is 116 cm³/mol. The average Bonchev–Trinajstić information content (AvgIpc) is 3.17. The lowest BCUT2D eigenvalue weighted by Gasteiger charge is -2.13. The highest BCUT2D eigenvalue weighted by Gasteiger charge is 2.28. The summed E-state index contributed by atoms with van der Waals surface area (Å²) >= 11 is 1.52. The normalized spacial score (nSPS) is 14.9. The van der Waals surface area contributed by atoms with E-state index in [1.807, 2.05) is 44.4 Å². The van der Waals surface area contributed by atoms with Crippen molar-refractivity contribution >= 4 is 17.7 Å². The molecule has 154 valence electrons. The minimum absolute atomic E-state index is 0.161. The van der Waals surface area contributed by atoms with Crippen LogP contribution < -0.4 is 10.1 Å². The quantitative estimate of drug-likeness (QED) is 0.618. The van der Waals surface area contributed by atoms with Crippen LogP contribution in [0.4, 0.5) is 4.39 Å². The van der Waals surface area contributed by atoms with E-state index >= 15 is 0 Å². The average molecular weight is 424 g/mol. The van der Waals surface area contributed by atoms with E-state index in [0.29, 0.717) is 29.8 Å². The number of carbonyl (C=O) groups excluding carboxylic acids is 1. The monoisotopic (exact) mass is 423 g/mol. The molecule has 1 aromatic heterocycles. The number of aryl methyl sites for hydroxylation is 2. The Morgan fingerprint density at radius 2 is 2.10 bits per heavy atom. The number of amides is 1. The first-order chi connectivity index (χ1) is 14.5. The molecule has 30 heavy (non-hydrogen) atoms. The van der Waals surface area contributed by atoms with Crippen molar-refractivity contribution in [2.24, 2.45) is 0 Å². The van der Waals surface area contributed by atoms with Crippen molar-refractivity contribution in [2.45, 2.75) is 31.3 Å². The highest BCUT2D eigenvalue weighted by molar-refractivity contribution is 7.98. The van der Waals surface area contributed by atoms with Gasteiger partial charge < -0.3 is 10.1 Å². The molecule has 3 aromatic rings. The van der Waals surface area contributed by atoms with Crippen molar-refractivity contribution in [2.75, 3.05) is 12.8 Å². The van der Waals surface area contributed by atoms with Crippen LogP contribution in [0.25, 0.3) is 11.3 Å². The topological polar surface area (TPSA) is 64.1 Å². The zero-order valence-corrected chi connectivity index (χ0v) is 17.8. The standard InChI is InChI=1S/C23H22FN3O2S/c1-13-11-25-14(2)21(27-13)15-8-16-9-17(29-22(16)19(24)10-15)12-26-23(28)18-6-4-5-7-20(18)30-3/h4-8,10-11,17H,9,12H2,1-3H3,(H,26,28)/t17-/m1/s1. The lowest BCUT2D eigenvalue weighted by Crippen LogP contribution is -2.34. The summed E-state index contributed by atoms with van der Waals surface area (Å²) in [5, 5.41) is 2.91. The van der Waals surface area contributed by atoms with Crippen LogP contribution in [-0.4, -0.2) is 34.8 Å². The fourth-order valence-electron chi connectivity index (χ4n) is 3.58. The molecule has 2 aromatic carbocycles. The predicted octanol–water partition coefficient (Wildman–Crippen LogP) is 4.35. The van der Waals surface area contributed by atoms with Gasteiger partial charge in [0.05, 0.1) is 29.2 Å². The summed E-state index contributed by atoms with van der Waals surface area (Å²) < 4.78 is 20.5. The molecule has 5 nitrogen and oxygen atoms in total. The molecule has 0 unspecified atom stereocenters. The van der Waals surface area contributed by atoms with Gasteiger partial charge >= 0.3 is 0 Å². The lowest BCUT2D eigenvalue weighted by atomic mass is 10.0. The fourth-order valence-corrected chi connectivity index (χ4v) is 4.18. The molecule has 1 amide bonds. The van der Waals surface area contributed by atoms with E-state index in [4.69, 9.17) is 4.74 Å². The van der Waals surface area contributed by atoms with Crippen molar-refractivity contribution < 1.29 is 13.9 Å². The van der Waals surface area contributed by atoms with E-state index in [2.05, 4.69) is 15.3 Å². The molecule has 0 fully saturated rings. The number of rotatable bonds is 5. The van der Waals surface area contributed by atoms with Gasteiger partial charge in [0.15, 0.2) is 11.6 Å². The Kier molecular flexibility index (Phi) is 5.72. The number of hydrogen-bond donors (Lipinski definition) is 1. The number of ether oxygens (including phenoxy) is 1. The van der Waals surface area contributed by atoms with Crippen molar-refractivity contribution in [1.29, 1.82) is 0 Å². The zero-order valence-electron chi connectivity index (χ0n) is 17.0.